The minimum Gasteiger partial charge on any atom is -0.479 e. The van der Waals surface area contributed by atoms with Crippen LogP contribution in [0.5, 0.6) is 0 Å². The van der Waals surface area contributed by atoms with Gasteiger partial charge in [0, 0.05) is 12.6 Å². The van der Waals surface area contributed by atoms with Gasteiger partial charge in [-0.05, 0) is 31.2 Å². The fourth-order valence-electron chi connectivity index (χ4n) is 3.13. The summed E-state index contributed by atoms with van der Waals surface area (Å²) in [6, 6.07) is 9.97. The van der Waals surface area contributed by atoms with E-state index in [2.05, 4.69) is 5.32 Å². The van der Waals surface area contributed by atoms with Crippen molar-refractivity contribution in [1.29, 1.82) is 0 Å². The van der Waals surface area contributed by atoms with E-state index >= 15 is 0 Å². The fraction of sp³-hybridized carbons (Fsp3) is 0.529. The molecule has 4 atom stereocenters. The molecule has 2 N–H and O–H groups in total. The lowest BCUT2D eigenvalue weighted by molar-refractivity contribution is -0.152. The Morgan fingerprint density at radius 2 is 1.83 bits per heavy atom. The molecule has 2 aliphatic heterocycles. The first-order valence-electron chi connectivity index (χ1n) is 7.98. The molecule has 23 heavy (non-hydrogen) atoms. The van der Waals surface area contributed by atoms with Crippen molar-refractivity contribution in [2.45, 2.75) is 50.0 Å². The highest BCUT2D eigenvalue weighted by Crippen LogP contribution is 2.28. The Labute approximate surface area is 134 Å². The van der Waals surface area contributed by atoms with Crippen molar-refractivity contribution in [3.63, 3.8) is 0 Å². The van der Waals surface area contributed by atoms with Crippen LogP contribution in [0.2, 0.25) is 0 Å². The maximum absolute atomic E-state index is 12.3. The summed E-state index contributed by atoms with van der Waals surface area (Å²) in [5.74, 6) is -1.22. The summed E-state index contributed by atoms with van der Waals surface area (Å²) >= 11 is 0. The summed E-state index contributed by atoms with van der Waals surface area (Å²) in [5, 5.41) is 11.9. The van der Waals surface area contributed by atoms with E-state index < -0.39 is 18.2 Å². The van der Waals surface area contributed by atoms with E-state index in [4.69, 9.17) is 14.6 Å². The van der Waals surface area contributed by atoms with Crippen LogP contribution in [0.1, 0.15) is 37.4 Å². The number of carboxylic acids is 1. The van der Waals surface area contributed by atoms with Gasteiger partial charge in [-0.25, -0.2) is 4.79 Å². The zero-order valence-electron chi connectivity index (χ0n) is 12.8. The van der Waals surface area contributed by atoms with Crippen LogP contribution in [0.4, 0.5) is 0 Å². The molecular formula is C17H21NO5. The Balaban J connectivity index is 1.54. The molecule has 124 valence electrons. The van der Waals surface area contributed by atoms with E-state index in [0.717, 1.165) is 12.0 Å². The van der Waals surface area contributed by atoms with Crippen LogP contribution >= 0.6 is 0 Å². The zero-order valence-corrected chi connectivity index (χ0v) is 12.8. The van der Waals surface area contributed by atoms with Crippen LogP contribution in [0.3, 0.4) is 0 Å². The Hall–Kier alpha value is -1.92. The number of rotatable bonds is 4. The second-order valence-corrected chi connectivity index (χ2v) is 6.03. The van der Waals surface area contributed by atoms with Gasteiger partial charge < -0.3 is 19.9 Å². The molecule has 0 saturated carbocycles. The maximum Gasteiger partial charge on any atom is 0.332 e. The second-order valence-electron chi connectivity index (χ2n) is 6.03. The Morgan fingerprint density at radius 3 is 2.52 bits per heavy atom. The van der Waals surface area contributed by atoms with Crippen molar-refractivity contribution in [2.24, 2.45) is 0 Å². The van der Waals surface area contributed by atoms with Crippen LogP contribution in [-0.4, -0.2) is 41.8 Å². The average molecular weight is 319 g/mol. The van der Waals surface area contributed by atoms with Gasteiger partial charge in [-0.15, -0.1) is 0 Å². The van der Waals surface area contributed by atoms with E-state index in [1.165, 1.54) is 0 Å². The largest absolute Gasteiger partial charge is 0.479 e. The lowest BCUT2D eigenvalue weighted by Gasteiger charge is -2.31. The third kappa shape index (κ3) is 3.89. The Morgan fingerprint density at radius 1 is 1.09 bits per heavy atom. The summed E-state index contributed by atoms with van der Waals surface area (Å²) in [5.41, 5.74) is 1.11. The van der Waals surface area contributed by atoms with Crippen molar-refractivity contribution in [1.82, 2.24) is 5.32 Å². The van der Waals surface area contributed by atoms with Gasteiger partial charge >= 0.3 is 5.97 Å². The number of carbonyl (C=O) groups is 2. The van der Waals surface area contributed by atoms with Crippen molar-refractivity contribution >= 4 is 11.9 Å². The summed E-state index contributed by atoms with van der Waals surface area (Å²) in [4.78, 5) is 23.1. The number of amides is 1. The van der Waals surface area contributed by atoms with Gasteiger partial charge in [0.25, 0.3) is 0 Å². The zero-order chi connectivity index (χ0) is 16.2. The standard InChI is InChI=1S/C17H21NO5/c19-16(13-6-7-14(23-13)17(20)21)18-12-8-9-22-15(10-12)11-4-2-1-3-5-11/h1-5,12-15H,6-10H2,(H,18,19)(H,20,21)/t12?,13-,14+,15?/m0/s1. The van der Waals surface area contributed by atoms with E-state index in [-0.39, 0.29) is 18.1 Å². The summed E-state index contributed by atoms with van der Waals surface area (Å²) in [7, 11) is 0. The van der Waals surface area contributed by atoms with Gasteiger partial charge in [-0.1, -0.05) is 30.3 Å². The topological polar surface area (TPSA) is 84.9 Å². The molecule has 2 fully saturated rings. The quantitative estimate of drug-likeness (QED) is 0.881. The second kappa shape index (κ2) is 7.10. The van der Waals surface area contributed by atoms with Gasteiger partial charge in [0.05, 0.1) is 6.10 Å². The number of aliphatic carboxylic acids is 1. The van der Waals surface area contributed by atoms with Gasteiger partial charge in [0.15, 0.2) is 6.10 Å². The van der Waals surface area contributed by atoms with Crippen LogP contribution in [0, 0.1) is 0 Å². The molecule has 1 aromatic rings. The van der Waals surface area contributed by atoms with Gasteiger partial charge in [-0.2, -0.15) is 0 Å². The number of ether oxygens (including phenoxy) is 2. The van der Waals surface area contributed by atoms with E-state index in [9.17, 15) is 9.59 Å². The van der Waals surface area contributed by atoms with Gasteiger partial charge in [0.2, 0.25) is 5.91 Å². The average Bonchev–Trinajstić information content (AvgIpc) is 3.06. The molecule has 2 saturated heterocycles. The first-order valence-corrected chi connectivity index (χ1v) is 7.98. The van der Waals surface area contributed by atoms with Crippen molar-refractivity contribution in [3.8, 4) is 0 Å². The highest BCUT2D eigenvalue weighted by Gasteiger charge is 2.36. The molecular weight excluding hydrogens is 298 g/mol. The number of nitrogens with one attached hydrogen (secondary N) is 1. The maximum atomic E-state index is 12.3. The molecule has 0 aliphatic carbocycles. The molecule has 6 nitrogen and oxygen atoms in total. The molecule has 0 radical (unpaired) electrons. The SMILES string of the molecule is O=C(NC1CCOC(c2ccccc2)C1)[C@@H]1CC[C@H](C(=O)O)O1. The molecule has 6 heteroatoms. The Kier molecular flexibility index (Phi) is 4.93. The lowest BCUT2D eigenvalue weighted by atomic mass is 9.97. The normalized spacial score (nSPS) is 30.8. The van der Waals surface area contributed by atoms with Crippen molar-refractivity contribution < 1.29 is 24.2 Å². The van der Waals surface area contributed by atoms with Crippen LogP contribution in [0.25, 0.3) is 0 Å². The summed E-state index contributed by atoms with van der Waals surface area (Å²) in [6.45, 7) is 0.591. The molecule has 2 unspecified atom stereocenters. The number of hydrogen-bond donors (Lipinski definition) is 2. The molecule has 0 spiro atoms. The predicted molar refractivity (Wildman–Crippen MR) is 81.8 cm³/mol. The fourth-order valence-corrected chi connectivity index (χ4v) is 3.13. The van der Waals surface area contributed by atoms with Crippen LogP contribution in [-0.2, 0) is 19.1 Å². The minimum atomic E-state index is -1.00. The molecule has 2 heterocycles. The molecule has 0 bridgehead atoms. The van der Waals surface area contributed by atoms with Crippen molar-refractivity contribution in [2.75, 3.05) is 6.61 Å². The first-order chi connectivity index (χ1) is 11.1. The monoisotopic (exact) mass is 319 g/mol. The summed E-state index contributed by atoms with van der Waals surface area (Å²) < 4.78 is 11.1. The van der Waals surface area contributed by atoms with Gasteiger partial charge in [0.1, 0.15) is 6.10 Å². The van der Waals surface area contributed by atoms with E-state index in [1.807, 2.05) is 30.3 Å². The molecule has 3 rings (SSSR count). The lowest BCUT2D eigenvalue weighted by Crippen LogP contribution is -2.44. The molecule has 1 aromatic carbocycles. The molecule has 2 aliphatic rings. The molecule has 1 amide bonds. The number of benzene rings is 1. The first kappa shape index (κ1) is 16.0. The number of carbonyl (C=O) groups excluding carboxylic acids is 1. The minimum absolute atomic E-state index is 0.0217. The third-order valence-corrected chi connectivity index (χ3v) is 4.39. The van der Waals surface area contributed by atoms with Crippen molar-refractivity contribution in [3.05, 3.63) is 35.9 Å². The highest BCUT2D eigenvalue weighted by atomic mass is 16.5. The number of carboxylic acid groups (broad SMARTS) is 1. The Bertz CT molecular complexity index is 561. The van der Waals surface area contributed by atoms with E-state index in [1.54, 1.807) is 0 Å². The predicted octanol–water partition coefficient (Wildman–Crippen LogP) is 1.66. The molecule has 0 aromatic heterocycles. The van der Waals surface area contributed by atoms with Gasteiger partial charge in [-0.3, -0.25) is 4.79 Å². The van der Waals surface area contributed by atoms with E-state index in [0.29, 0.717) is 25.9 Å². The highest BCUT2D eigenvalue weighted by molar-refractivity contribution is 5.82. The summed E-state index contributed by atoms with van der Waals surface area (Å²) in [6.07, 6.45) is 0.759. The smallest absolute Gasteiger partial charge is 0.332 e. The van der Waals surface area contributed by atoms with Crippen LogP contribution in [0.15, 0.2) is 30.3 Å². The third-order valence-electron chi connectivity index (χ3n) is 4.39. The number of hydrogen-bond acceptors (Lipinski definition) is 4. The van der Waals surface area contributed by atoms with Crippen LogP contribution < -0.4 is 5.32 Å².